The molecule has 0 aliphatic rings. The Labute approximate surface area is 157 Å². The molecule has 3 rings (SSSR count). The van der Waals surface area contributed by atoms with Gasteiger partial charge in [-0.3, -0.25) is 0 Å². The molecule has 0 radical (unpaired) electrons. The second kappa shape index (κ2) is 8.49. The average molecular weight is 419 g/mol. The van der Waals surface area contributed by atoms with Gasteiger partial charge >= 0.3 is 12.0 Å². The Kier molecular flexibility index (Phi) is 5.86. The summed E-state index contributed by atoms with van der Waals surface area (Å²) in [4.78, 5) is 0. The van der Waals surface area contributed by atoms with Gasteiger partial charge in [0.25, 0.3) is 0 Å². The molecule has 0 saturated heterocycles. The van der Waals surface area contributed by atoms with Gasteiger partial charge in [-0.15, -0.1) is 0 Å². The van der Waals surface area contributed by atoms with Gasteiger partial charge in [-0.2, -0.15) is 8.78 Å². The standard InChI is InChI=1S/C20H13BrF2O3/c21-14-10-12-16(13-11-14)25-19(22)20(23)26-18-9-5-4-8-17(18)24-15-6-2-1-3-7-15/h1-13H/b20-19+. The van der Waals surface area contributed by atoms with Crippen molar-refractivity contribution >= 4 is 15.9 Å². The summed E-state index contributed by atoms with van der Waals surface area (Å²) in [6.07, 6.45) is 0. The first-order valence-electron chi connectivity index (χ1n) is 7.60. The molecular weight excluding hydrogens is 406 g/mol. The third-order valence-corrected chi connectivity index (χ3v) is 3.72. The SMILES string of the molecule is F/C(Oc1ccc(Br)cc1)=C(/F)Oc1ccccc1Oc1ccccc1. The number of hydrogen-bond acceptors (Lipinski definition) is 3. The van der Waals surface area contributed by atoms with Gasteiger partial charge in [0.2, 0.25) is 0 Å². The third-order valence-electron chi connectivity index (χ3n) is 3.20. The molecule has 3 aromatic rings. The Morgan fingerprint density at radius 3 is 1.88 bits per heavy atom. The summed E-state index contributed by atoms with van der Waals surface area (Å²) < 4.78 is 44.2. The zero-order valence-corrected chi connectivity index (χ0v) is 15.0. The van der Waals surface area contributed by atoms with E-state index < -0.39 is 12.0 Å². The van der Waals surface area contributed by atoms with Crippen LogP contribution in [0.2, 0.25) is 0 Å². The van der Waals surface area contributed by atoms with Gasteiger partial charge < -0.3 is 14.2 Å². The van der Waals surface area contributed by atoms with Gasteiger partial charge in [0, 0.05) is 4.47 Å². The Hall–Kier alpha value is -2.86. The van der Waals surface area contributed by atoms with Crippen LogP contribution in [0.5, 0.6) is 23.0 Å². The van der Waals surface area contributed by atoms with E-state index in [2.05, 4.69) is 15.9 Å². The van der Waals surface area contributed by atoms with E-state index in [-0.39, 0.29) is 17.2 Å². The first kappa shape index (κ1) is 17.9. The molecule has 0 saturated carbocycles. The first-order valence-corrected chi connectivity index (χ1v) is 8.39. The topological polar surface area (TPSA) is 27.7 Å². The Morgan fingerprint density at radius 2 is 1.19 bits per heavy atom. The van der Waals surface area contributed by atoms with Crippen molar-refractivity contribution in [1.82, 2.24) is 0 Å². The van der Waals surface area contributed by atoms with Gasteiger partial charge in [0.15, 0.2) is 11.5 Å². The van der Waals surface area contributed by atoms with Crippen molar-refractivity contribution in [3.05, 3.63) is 95.4 Å². The predicted octanol–water partition coefficient (Wildman–Crippen LogP) is 6.76. The van der Waals surface area contributed by atoms with Crippen molar-refractivity contribution in [2.24, 2.45) is 0 Å². The molecule has 0 spiro atoms. The number of halogens is 3. The molecule has 6 heteroatoms. The van der Waals surface area contributed by atoms with E-state index in [0.717, 1.165) is 4.47 Å². The molecule has 0 bridgehead atoms. The Balaban J connectivity index is 1.76. The Bertz CT molecular complexity index is 896. The zero-order valence-electron chi connectivity index (χ0n) is 13.4. The van der Waals surface area contributed by atoms with Crippen LogP contribution in [0.25, 0.3) is 0 Å². The van der Waals surface area contributed by atoms with Gasteiger partial charge in [-0.1, -0.05) is 46.3 Å². The van der Waals surface area contributed by atoms with Crippen molar-refractivity contribution in [3.8, 4) is 23.0 Å². The molecular formula is C20H13BrF2O3. The summed E-state index contributed by atoms with van der Waals surface area (Å²) in [5.74, 6) is 0.937. The number of para-hydroxylation sites is 3. The minimum atomic E-state index is -1.50. The van der Waals surface area contributed by atoms with Gasteiger partial charge in [-0.05, 0) is 48.5 Å². The minimum Gasteiger partial charge on any atom is -0.453 e. The molecule has 0 heterocycles. The van der Waals surface area contributed by atoms with Crippen LogP contribution >= 0.6 is 15.9 Å². The van der Waals surface area contributed by atoms with Crippen LogP contribution in [0, 0.1) is 0 Å². The molecule has 26 heavy (non-hydrogen) atoms. The highest BCUT2D eigenvalue weighted by Crippen LogP contribution is 2.33. The predicted molar refractivity (Wildman–Crippen MR) is 97.6 cm³/mol. The fourth-order valence-corrected chi connectivity index (χ4v) is 2.28. The highest BCUT2D eigenvalue weighted by molar-refractivity contribution is 9.10. The van der Waals surface area contributed by atoms with Crippen LogP contribution in [-0.4, -0.2) is 0 Å². The van der Waals surface area contributed by atoms with Crippen molar-refractivity contribution < 1.29 is 23.0 Å². The van der Waals surface area contributed by atoms with Crippen LogP contribution in [0.3, 0.4) is 0 Å². The van der Waals surface area contributed by atoms with E-state index in [0.29, 0.717) is 5.75 Å². The second-order valence-electron chi connectivity index (χ2n) is 5.07. The van der Waals surface area contributed by atoms with Crippen LogP contribution in [-0.2, 0) is 0 Å². The fraction of sp³-hybridized carbons (Fsp3) is 0. The van der Waals surface area contributed by atoms with Gasteiger partial charge in [-0.25, -0.2) is 0 Å². The highest BCUT2D eigenvalue weighted by atomic mass is 79.9. The summed E-state index contributed by atoms with van der Waals surface area (Å²) in [5.41, 5.74) is 0. The van der Waals surface area contributed by atoms with Gasteiger partial charge in [0.05, 0.1) is 0 Å². The molecule has 0 aromatic heterocycles. The van der Waals surface area contributed by atoms with E-state index in [1.54, 1.807) is 54.6 Å². The fourth-order valence-electron chi connectivity index (χ4n) is 2.02. The lowest BCUT2D eigenvalue weighted by atomic mass is 10.3. The van der Waals surface area contributed by atoms with Crippen molar-refractivity contribution in [2.75, 3.05) is 0 Å². The summed E-state index contributed by atoms with van der Waals surface area (Å²) in [5, 5.41) is 0. The van der Waals surface area contributed by atoms with Crippen molar-refractivity contribution in [2.45, 2.75) is 0 Å². The molecule has 0 aliphatic carbocycles. The summed E-state index contributed by atoms with van der Waals surface area (Å²) in [7, 11) is 0. The second-order valence-corrected chi connectivity index (χ2v) is 5.98. The monoisotopic (exact) mass is 418 g/mol. The molecule has 0 fully saturated rings. The summed E-state index contributed by atoms with van der Waals surface area (Å²) >= 11 is 3.25. The van der Waals surface area contributed by atoms with E-state index in [1.807, 2.05) is 6.07 Å². The quantitative estimate of drug-likeness (QED) is 0.413. The molecule has 3 nitrogen and oxygen atoms in total. The highest BCUT2D eigenvalue weighted by Gasteiger charge is 2.15. The lowest BCUT2D eigenvalue weighted by Crippen LogP contribution is -2.00. The van der Waals surface area contributed by atoms with Gasteiger partial charge in [0.1, 0.15) is 11.5 Å². The normalized spacial score (nSPS) is 11.5. The van der Waals surface area contributed by atoms with E-state index in [4.69, 9.17) is 14.2 Å². The van der Waals surface area contributed by atoms with Crippen molar-refractivity contribution in [3.63, 3.8) is 0 Å². The average Bonchev–Trinajstić information content (AvgIpc) is 2.66. The zero-order chi connectivity index (χ0) is 18.4. The van der Waals surface area contributed by atoms with Crippen molar-refractivity contribution in [1.29, 1.82) is 0 Å². The van der Waals surface area contributed by atoms with E-state index >= 15 is 0 Å². The largest absolute Gasteiger partial charge is 0.453 e. The van der Waals surface area contributed by atoms with Crippen LogP contribution < -0.4 is 14.2 Å². The third kappa shape index (κ3) is 4.83. The summed E-state index contributed by atoms with van der Waals surface area (Å²) in [6, 6.07) is 18.5. The first-order chi connectivity index (χ1) is 12.6. The molecule has 0 amide bonds. The van der Waals surface area contributed by atoms with E-state index in [1.165, 1.54) is 18.2 Å². The maximum absolute atomic E-state index is 14.1. The molecule has 0 unspecified atom stereocenters. The minimum absolute atomic E-state index is 0.0170. The number of hydrogen-bond donors (Lipinski definition) is 0. The lowest BCUT2D eigenvalue weighted by Gasteiger charge is -2.11. The van der Waals surface area contributed by atoms with Crippen LogP contribution in [0.1, 0.15) is 0 Å². The molecule has 0 aliphatic heterocycles. The number of rotatable bonds is 6. The summed E-state index contributed by atoms with van der Waals surface area (Å²) in [6.45, 7) is 0. The van der Waals surface area contributed by atoms with Crippen LogP contribution in [0.4, 0.5) is 8.78 Å². The van der Waals surface area contributed by atoms with E-state index in [9.17, 15) is 8.78 Å². The number of benzene rings is 3. The maximum Gasteiger partial charge on any atom is 0.352 e. The molecule has 132 valence electrons. The molecule has 0 atom stereocenters. The smallest absolute Gasteiger partial charge is 0.352 e. The van der Waals surface area contributed by atoms with Crippen LogP contribution in [0.15, 0.2) is 95.4 Å². The maximum atomic E-state index is 14.1. The molecule has 0 N–H and O–H groups in total. The number of ether oxygens (including phenoxy) is 3. The Morgan fingerprint density at radius 1 is 0.615 bits per heavy atom. The molecule has 3 aromatic carbocycles. The lowest BCUT2D eigenvalue weighted by molar-refractivity contribution is 0.200.